The second-order valence-corrected chi connectivity index (χ2v) is 2.63. The maximum atomic E-state index is 10.9. The van der Waals surface area contributed by atoms with Gasteiger partial charge in [-0.25, -0.2) is 4.79 Å². The van der Waals surface area contributed by atoms with Crippen molar-refractivity contribution in [1.82, 2.24) is 0 Å². The molecule has 13 heavy (non-hydrogen) atoms. The van der Waals surface area contributed by atoms with Crippen LogP contribution in [0.5, 0.6) is 0 Å². The molecule has 0 unspecified atom stereocenters. The summed E-state index contributed by atoms with van der Waals surface area (Å²) in [7, 11) is 0. The molecule has 0 atom stereocenters. The lowest BCUT2D eigenvalue weighted by Crippen LogP contribution is -2.19. The predicted octanol–water partition coefficient (Wildman–Crippen LogP) is 1.38. The largest absolute Gasteiger partial charge is 0.351 e. The number of ketones is 1. The van der Waals surface area contributed by atoms with Gasteiger partial charge in [0.05, 0.1) is 0 Å². The number of hydrogen-bond acceptors (Lipinski definition) is 2. The quantitative estimate of drug-likeness (QED) is 0.671. The number of Topliss-reactive ketones (excluding diaryl/α,β-unsaturated/α-hetero) is 1. The Labute approximate surface area is 75.7 Å². The molecular weight excluding hydrogens is 168 g/mol. The van der Waals surface area contributed by atoms with Gasteiger partial charge in [-0.1, -0.05) is 12.1 Å². The molecular formula is C9H10N2O2. The van der Waals surface area contributed by atoms with Crippen LogP contribution in [-0.2, 0) is 0 Å². The molecule has 0 aliphatic carbocycles. The highest BCUT2D eigenvalue weighted by atomic mass is 16.2. The third kappa shape index (κ3) is 2.59. The van der Waals surface area contributed by atoms with Crippen LogP contribution in [-0.4, -0.2) is 11.8 Å². The summed E-state index contributed by atoms with van der Waals surface area (Å²) in [4.78, 5) is 21.4. The molecule has 0 aromatic heterocycles. The number of anilines is 1. The molecule has 4 heteroatoms. The molecule has 0 bridgehead atoms. The van der Waals surface area contributed by atoms with Crippen molar-refractivity contribution in [2.24, 2.45) is 5.73 Å². The fraction of sp³-hybridized carbons (Fsp3) is 0.111. The summed E-state index contributed by atoms with van der Waals surface area (Å²) >= 11 is 0. The van der Waals surface area contributed by atoms with Crippen LogP contribution in [0.3, 0.4) is 0 Å². The van der Waals surface area contributed by atoms with E-state index in [1.54, 1.807) is 24.3 Å². The van der Waals surface area contributed by atoms with Gasteiger partial charge in [0.25, 0.3) is 0 Å². The van der Waals surface area contributed by atoms with E-state index in [0.717, 1.165) is 0 Å². The Morgan fingerprint density at radius 1 is 1.38 bits per heavy atom. The van der Waals surface area contributed by atoms with Gasteiger partial charge < -0.3 is 11.1 Å². The number of hydrogen-bond donors (Lipinski definition) is 2. The van der Waals surface area contributed by atoms with Gasteiger partial charge in [0.2, 0.25) is 0 Å². The third-order valence-corrected chi connectivity index (χ3v) is 1.54. The standard InChI is InChI=1S/C9H10N2O2/c1-6(12)7-3-2-4-8(5-7)11-9(10)13/h2-5H,1H3,(H3,10,11,13). The zero-order chi connectivity index (χ0) is 9.84. The Kier molecular flexibility index (Phi) is 2.64. The molecule has 1 aromatic carbocycles. The fourth-order valence-corrected chi connectivity index (χ4v) is 0.958. The van der Waals surface area contributed by atoms with Crippen LogP contribution in [0.25, 0.3) is 0 Å². The number of amides is 2. The molecule has 0 saturated carbocycles. The number of carbonyl (C=O) groups is 2. The average Bonchev–Trinajstić information content (AvgIpc) is 2.03. The molecule has 1 rings (SSSR count). The molecule has 68 valence electrons. The second kappa shape index (κ2) is 3.71. The zero-order valence-corrected chi connectivity index (χ0v) is 7.20. The van der Waals surface area contributed by atoms with Gasteiger partial charge in [-0.05, 0) is 19.1 Å². The number of carbonyl (C=O) groups excluding carboxylic acids is 2. The van der Waals surface area contributed by atoms with Crippen LogP contribution in [0.1, 0.15) is 17.3 Å². The number of primary amides is 1. The van der Waals surface area contributed by atoms with Crippen LogP contribution in [0.4, 0.5) is 10.5 Å². The number of nitrogens with two attached hydrogens (primary N) is 1. The molecule has 1 aromatic rings. The Hall–Kier alpha value is -1.84. The van der Waals surface area contributed by atoms with E-state index in [1.807, 2.05) is 0 Å². The van der Waals surface area contributed by atoms with E-state index in [0.29, 0.717) is 11.3 Å². The molecule has 0 heterocycles. The lowest BCUT2D eigenvalue weighted by molar-refractivity contribution is 0.101. The van der Waals surface area contributed by atoms with Crippen molar-refractivity contribution in [3.05, 3.63) is 29.8 Å². The first kappa shape index (κ1) is 9.25. The van der Waals surface area contributed by atoms with E-state index >= 15 is 0 Å². The summed E-state index contributed by atoms with van der Waals surface area (Å²) in [6.07, 6.45) is 0. The molecule has 2 amide bonds. The lowest BCUT2D eigenvalue weighted by atomic mass is 10.1. The van der Waals surface area contributed by atoms with Gasteiger partial charge in [0, 0.05) is 11.3 Å². The second-order valence-electron chi connectivity index (χ2n) is 2.63. The van der Waals surface area contributed by atoms with Crippen LogP contribution in [0.15, 0.2) is 24.3 Å². The normalized spacial score (nSPS) is 9.31. The Morgan fingerprint density at radius 2 is 2.08 bits per heavy atom. The van der Waals surface area contributed by atoms with Crippen LogP contribution >= 0.6 is 0 Å². The highest BCUT2D eigenvalue weighted by Crippen LogP contribution is 2.10. The first-order valence-corrected chi connectivity index (χ1v) is 3.77. The van der Waals surface area contributed by atoms with Crippen molar-refractivity contribution in [3.8, 4) is 0 Å². The van der Waals surface area contributed by atoms with Crippen molar-refractivity contribution < 1.29 is 9.59 Å². The molecule has 4 nitrogen and oxygen atoms in total. The molecule has 0 fully saturated rings. The van der Waals surface area contributed by atoms with Crippen molar-refractivity contribution in [2.75, 3.05) is 5.32 Å². The minimum atomic E-state index is -0.638. The molecule has 0 radical (unpaired) electrons. The summed E-state index contributed by atoms with van der Waals surface area (Å²) in [5.74, 6) is -0.0480. The Balaban J connectivity index is 2.91. The Bertz CT molecular complexity index is 347. The van der Waals surface area contributed by atoms with Crippen LogP contribution < -0.4 is 11.1 Å². The predicted molar refractivity (Wildman–Crippen MR) is 49.7 cm³/mol. The van der Waals surface area contributed by atoms with E-state index in [9.17, 15) is 9.59 Å². The minimum Gasteiger partial charge on any atom is -0.351 e. The topological polar surface area (TPSA) is 72.2 Å². The van der Waals surface area contributed by atoms with Crippen molar-refractivity contribution in [1.29, 1.82) is 0 Å². The SMILES string of the molecule is CC(=O)c1cccc(NC(N)=O)c1. The van der Waals surface area contributed by atoms with E-state index in [-0.39, 0.29) is 5.78 Å². The minimum absolute atomic E-state index is 0.0480. The molecule has 0 aliphatic heterocycles. The highest BCUT2D eigenvalue weighted by Gasteiger charge is 2.00. The van der Waals surface area contributed by atoms with Crippen LogP contribution in [0.2, 0.25) is 0 Å². The Morgan fingerprint density at radius 3 is 2.62 bits per heavy atom. The first-order valence-electron chi connectivity index (χ1n) is 3.77. The van der Waals surface area contributed by atoms with Gasteiger partial charge >= 0.3 is 6.03 Å². The van der Waals surface area contributed by atoms with Crippen molar-refractivity contribution in [2.45, 2.75) is 6.92 Å². The highest BCUT2D eigenvalue weighted by molar-refractivity contribution is 5.96. The van der Waals surface area contributed by atoms with Gasteiger partial charge in [0.15, 0.2) is 5.78 Å². The molecule has 3 N–H and O–H groups in total. The molecule has 0 aliphatic rings. The van der Waals surface area contributed by atoms with Crippen molar-refractivity contribution in [3.63, 3.8) is 0 Å². The first-order chi connectivity index (χ1) is 6.09. The van der Waals surface area contributed by atoms with Crippen molar-refractivity contribution >= 4 is 17.5 Å². The number of rotatable bonds is 2. The summed E-state index contributed by atoms with van der Waals surface area (Å²) in [5.41, 5.74) is 5.99. The van der Waals surface area contributed by atoms with E-state index in [2.05, 4.69) is 5.32 Å². The maximum Gasteiger partial charge on any atom is 0.316 e. The number of benzene rings is 1. The monoisotopic (exact) mass is 178 g/mol. The van der Waals surface area contributed by atoms with Crippen LogP contribution in [0, 0.1) is 0 Å². The van der Waals surface area contributed by atoms with Gasteiger partial charge in [-0.2, -0.15) is 0 Å². The average molecular weight is 178 g/mol. The zero-order valence-electron chi connectivity index (χ0n) is 7.20. The number of urea groups is 1. The lowest BCUT2D eigenvalue weighted by Gasteiger charge is -2.02. The summed E-state index contributed by atoms with van der Waals surface area (Å²) < 4.78 is 0. The molecule has 0 saturated heterocycles. The molecule has 0 spiro atoms. The fourth-order valence-electron chi connectivity index (χ4n) is 0.958. The van der Waals surface area contributed by atoms with Gasteiger partial charge in [-0.15, -0.1) is 0 Å². The summed E-state index contributed by atoms with van der Waals surface area (Å²) in [6.45, 7) is 1.46. The smallest absolute Gasteiger partial charge is 0.316 e. The summed E-state index contributed by atoms with van der Waals surface area (Å²) in [5, 5.41) is 2.39. The number of nitrogens with one attached hydrogen (secondary N) is 1. The van der Waals surface area contributed by atoms with Gasteiger partial charge in [0.1, 0.15) is 0 Å². The van der Waals surface area contributed by atoms with E-state index in [1.165, 1.54) is 6.92 Å². The van der Waals surface area contributed by atoms with E-state index in [4.69, 9.17) is 5.73 Å². The maximum absolute atomic E-state index is 10.9. The van der Waals surface area contributed by atoms with Gasteiger partial charge in [-0.3, -0.25) is 4.79 Å². The third-order valence-electron chi connectivity index (χ3n) is 1.54. The summed E-state index contributed by atoms with van der Waals surface area (Å²) in [6, 6.07) is 5.96. The van der Waals surface area contributed by atoms with E-state index < -0.39 is 6.03 Å².